The molecule has 128 valence electrons. The number of aromatic nitrogens is 2. The van der Waals surface area contributed by atoms with Crippen molar-refractivity contribution < 1.29 is 19.2 Å². The summed E-state index contributed by atoms with van der Waals surface area (Å²) >= 11 is 0. The number of amides is 1. The van der Waals surface area contributed by atoms with Gasteiger partial charge in [-0.3, -0.25) is 4.79 Å². The molecule has 8 nitrogen and oxygen atoms in total. The summed E-state index contributed by atoms with van der Waals surface area (Å²) in [6.45, 7) is 3.97. The zero-order valence-electron chi connectivity index (χ0n) is 13.7. The lowest BCUT2D eigenvalue weighted by Gasteiger charge is -2.35. The molecule has 1 aliphatic heterocycles. The number of aryl methyl sites for hydroxylation is 1. The predicted octanol–water partition coefficient (Wildman–Crippen LogP) is 0.841. The maximum atomic E-state index is 12.6. The van der Waals surface area contributed by atoms with Crippen molar-refractivity contribution in [1.29, 1.82) is 0 Å². The number of aliphatic hydroxyl groups is 1. The molecule has 0 aliphatic carbocycles. The molecular weight excluding hydrogens is 312 g/mol. The van der Waals surface area contributed by atoms with E-state index in [1.54, 1.807) is 25.1 Å². The number of rotatable bonds is 4. The van der Waals surface area contributed by atoms with E-state index >= 15 is 0 Å². The average molecular weight is 332 g/mol. The molecule has 1 aliphatic rings. The smallest absolute Gasteiger partial charge is 0.276 e. The predicted molar refractivity (Wildman–Crippen MR) is 86.1 cm³/mol. The number of hydrogen-bond donors (Lipinski definition) is 1. The Labute approximate surface area is 139 Å². The molecule has 1 fully saturated rings. The van der Waals surface area contributed by atoms with Crippen molar-refractivity contribution in [1.82, 2.24) is 15.0 Å². The fourth-order valence-electron chi connectivity index (χ4n) is 2.74. The molecule has 0 aromatic carbocycles. The van der Waals surface area contributed by atoms with E-state index in [1.807, 2.05) is 12.1 Å². The highest BCUT2D eigenvalue weighted by molar-refractivity contribution is 5.94. The van der Waals surface area contributed by atoms with Crippen LogP contribution in [0, 0.1) is 6.92 Å². The van der Waals surface area contributed by atoms with E-state index in [2.05, 4.69) is 15.0 Å². The first kappa shape index (κ1) is 16.3. The van der Waals surface area contributed by atoms with Crippen molar-refractivity contribution in [2.24, 2.45) is 0 Å². The number of carbonyl (C=O) groups is 1. The van der Waals surface area contributed by atoms with Gasteiger partial charge in [0, 0.05) is 32.2 Å². The van der Waals surface area contributed by atoms with Gasteiger partial charge in [-0.1, -0.05) is 5.16 Å². The van der Waals surface area contributed by atoms with Gasteiger partial charge in [-0.25, -0.2) is 4.98 Å². The molecule has 8 heteroatoms. The zero-order valence-corrected chi connectivity index (χ0v) is 13.7. The molecule has 0 spiro atoms. The van der Waals surface area contributed by atoms with E-state index in [0.29, 0.717) is 43.4 Å². The first-order valence-electron chi connectivity index (χ1n) is 7.74. The fourth-order valence-corrected chi connectivity index (χ4v) is 2.74. The number of piperazine rings is 1. The van der Waals surface area contributed by atoms with Crippen LogP contribution >= 0.6 is 0 Å². The molecule has 1 N–H and O–H groups in total. The van der Waals surface area contributed by atoms with Crippen LogP contribution in [0.2, 0.25) is 0 Å². The largest absolute Gasteiger partial charge is 0.481 e. The van der Waals surface area contributed by atoms with Gasteiger partial charge in [-0.15, -0.1) is 0 Å². The van der Waals surface area contributed by atoms with Crippen LogP contribution in [0.1, 0.15) is 21.8 Å². The Bertz CT molecular complexity index is 705. The van der Waals surface area contributed by atoms with E-state index < -0.39 is 0 Å². The maximum Gasteiger partial charge on any atom is 0.276 e. The number of methoxy groups -OCH3 is 1. The molecule has 0 bridgehead atoms. The van der Waals surface area contributed by atoms with Crippen molar-refractivity contribution in [2.75, 3.05) is 38.2 Å². The second-order valence-corrected chi connectivity index (χ2v) is 5.56. The van der Waals surface area contributed by atoms with Gasteiger partial charge in [0.25, 0.3) is 5.91 Å². The number of nitrogens with zero attached hydrogens (tertiary/aromatic N) is 4. The summed E-state index contributed by atoms with van der Waals surface area (Å²) in [6, 6.07) is 3.77. The second kappa shape index (κ2) is 6.88. The fraction of sp³-hybridized carbons (Fsp3) is 0.438. The van der Waals surface area contributed by atoms with Gasteiger partial charge in [0.15, 0.2) is 5.69 Å². The summed E-state index contributed by atoms with van der Waals surface area (Å²) < 4.78 is 10.1. The number of anilines is 1. The summed E-state index contributed by atoms with van der Waals surface area (Å²) in [5, 5.41) is 13.2. The zero-order chi connectivity index (χ0) is 17.1. The molecule has 2 aromatic heterocycles. The van der Waals surface area contributed by atoms with Gasteiger partial charge in [-0.2, -0.15) is 0 Å². The summed E-state index contributed by atoms with van der Waals surface area (Å²) in [5.74, 6) is 0.845. The second-order valence-electron chi connectivity index (χ2n) is 5.56. The quantitative estimate of drug-likeness (QED) is 0.887. The minimum Gasteiger partial charge on any atom is -0.481 e. The number of hydrogen-bond acceptors (Lipinski definition) is 7. The third-order valence-corrected chi connectivity index (χ3v) is 4.21. The first-order valence-corrected chi connectivity index (χ1v) is 7.74. The van der Waals surface area contributed by atoms with E-state index in [9.17, 15) is 9.90 Å². The standard InChI is InChI=1S/C16H20N4O4/c1-11-13(10-21)15(18-24-11)16(22)20-7-5-19(6-8-20)12-3-4-14(23-2)17-9-12/h3-4,9,21H,5-8,10H2,1-2H3. The van der Waals surface area contributed by atoms with Gasteiger partial charge >= 0.3 is 0 Å². The Morgan fingerprint density at radius 3 is 2.67 bits per heavy atom. The van der Waals surface area contributed by atoms with E-state index in [0.717, 1.165) is 5.69 Å². The summed E-state index contributed by atoms with van der Waals surface area (Å²) in [4.78, 5) is 20.7. The molecule has 24 heavy (non-hydrogen) atoms. The van der Waals surface area contributed by atoms with Crippen LogP contribution in [0.25, 0.3) is 0 Å². The Balaban J connectivity index is 1.64. The Hall–Kier alpha value is -2.61. The van der Waals surface area contributed by atoms with Crippen LogP contribution in [0.15, 0.2) is 22.9 Å². The van der Waals surface area contributed by atoms with Crippen molar-refractivity contribution >= 4 is 11.6 Å². The molecule has 1 saturated heterocycles. The topological polar surface area (TPSA) is 91.9 Å². The van der Waals surface area contributed by atoms with Gasteiger partial charge in [-0.05, 0) is 13.0 Å². The average Bonchev–Trinajstić information content (AvgIpc) is 3.02. The number of ether oxygens (including phenoxy) is 1. The normalized spacial score (nSPS) is 14.8. The lowest BCUT2D eigenvalue weighted by molar-refractivity contribution is 0.0733. The SMILES string of the molecule is COc1ccc(N2CCN(C(=O)c3noc(C)c3CO)CC2)cn1. The van der Waals surface area contributed by atoms with Crippen LogP contribution in [0.5, 0.6) is 5.88 Å². The van der Waals surface area contributed by atoms with Crippen molar-refractivity contribution in [3.8, 4) is 5.88 Å². The third-order valence-electron chi connectivity index (χ3n) is 4.21. The highest BCUT2D eigenvalue weighted by Crippen LogP contribution is 2.20. The monoisotopic (exact) mass is 332 g/mol. The molecule has 0 saturated carbocycles. The summed E-state index contributed by atoms with van der Waals surface area (Å²) in [7, 11) is 1.58. The Kier molecular flexibility index (Phi) is 4.66. The molecule has 0 unspecified atom stereocenters. The van der Waals surface area contributed by atoms with Gasteiger partial charge in [0.2, 0.25) is 5.88 Å². The lowest BCUT2D eigenvalue weighted by atomic mass is 10.1. The van der Waals surface area contributed by atoms with Crippen molar-refractivity contribution in [3.05, 3.63) is 35.3 Å². The number of carbonyl (C=O) groups excluding carboxylic acids is 1. The van der Waals surface area contributed by atoms with E-state index in [-0.39, 0.29) is 18.2 Å². The molecule has 0 radical (unpaired) electrons. The number of pyridine rings is 1. The van der Waals surface area contributed by atoms with Crippen molar-refractivity contribution in [3.63, 3.8) is 0 Å². The molecule has 1 amide bonds. The minimum atomic E-state index is -0.256. The van der Waals surface area contributed by atoms with Crippen molar-refractivity contribution in [2.45, 2.75) is 13.5 Å². The summed E-state index contributed by atoms with van der Waals surface area (Å²) in [5.41, 5.74) is 1.66. The van der Waals surface area contributed by atoms with Crippen LogP contribution in [-0.2, 0) is 6.61 Å². The Morgan fingerprint density at radius 1 is 1.33 bits per heavy atom. The highest BCUT2D eigenvalue weighted by Gasteiger charge is 2.27. The van der Waals surface area contributed by atoms with Gasteiger partial charge < -0.3 is 24.2 Å². The van der Waals surface area contributed by atoms with Crippen LogP contribution in [0.3, 0.4) is 0 Å². The minimum absolute atomic E-state index is 0.203. The molecule has 0 atom stereocenters. The molecular formula is C16H20N4O4. The lowest BCUT2D eigenvalue weighted by Crippen LogP contribution is -2.49. The van der Waals surface area contributed by atoms with Crippen LogP contribution in [-0.4, -0.2) is 59.3 Å². The highest BCUT2D eigenvalue weighted by atomic mass is 16.5. The maximum absolute atomic E-state index is 12.6. The molecule has 3 rings (SSSR count). The first-order chi connectivity index (χ1) is 11.6. The van der Waals surface area contributed by atoms with Gasteiger partial charge in [0.05, 0.1) is 31.2 Å². The summed E-state index contributed by atoms with van der Waals surface area (Å²) in [6.07, 6.45) is 1.77. The van der Waals surface area contributed by atoms with E-state index in [4.69, 9.17) is 9.26 Å². The van der Waals surface area contributed by atoms with Crippen LogP contribution in [0.4, 0.5) is 5.69 Å². The third kappa shape index (κ3) is 3.05. The molecule has 3 heterocycles. The van der Waals surface area contributed by atoms with Crippen LogP contribution < -0.4 is 9.64 Å². The number of aliphatic hydroxyl groups excluding tert-OH is 1. The Morgan fingerprint density at radius 2 is 2.08 bits per heavy atom. The molecule has 2 aromatic rings. The van der Waals surface area contributed by atoms with E-state index in [1.165, 1.54) is 0 Å². The van der Waals surface area contributed by atoms with Gasteiger partial charge in [0.1, 0.15) is 5.76 Å².